The molecule has 0 aliphatic heterocycles. The van der Waals surface area contributed by atoms with Crippen LogP contribution in [0.3, 0.4) is 0 Å². The Labute approximate surface area is 241 Å². The number of rotatable bonds is 29. The van der Waals surface area contributed by atoms with Gasteiger partial charge in [-0.05, 0) is 32.1 Å². The molecule has 39 heavy (non-hydrogen) atoms. The topological polar surface area (TPSA) is 89.8 Å². The lowest BCUT2D eigenvalue weighted by Crippen LogP contribution is -2.48. The van der Waals surface area contributed by atoms with E-state index >= 15 is 0 Å². The molecule has 0 aromatic carbocycles. The zero-order valence-electron chi connectivity index (χ0n) is 25.8. The van der Waals surface area contributed by atoms with Crippen LogP contribution in [0, 0.1) is 0 Å². The molecule has 0 aromatic rings. The largest absolute Gasteiger partial charge is 0.394 e. The number of carbonyl (C=O) groups excluding carboxylic acids is 1. The smallest absolute Gasteiger partial charge is 0.249 e. The average molecular weight is 552 g/mol. The van der Waals surface area contributed by atoms with Crippen molar-refractivity contribution < 1.29 is 20.1 Å². The number of hydrogen-bond donors (Lipinski definition) is 4. The maximum atomic E-state index is 12.3. The molecule has 0 fully saturated rings. The number of hydrogen-bond acceptors (Lipinski definition) is 4. The van der Waals surface area contributed by atoms with Crippen molar-refractivity contribution in [1.82, 2.24) is 5.32 Å². The molecule has 0 spiro atoms. The molecule has 0 saturated heterocycles. The second kappa shape index (κ2) is 29.8. The van der Waals surface area contributed by atoms with Crippen molar-refractivity contribution in [3.05, 3.63) is 24.3 Å². The van der Waals surface area contributed by atoms with Gasteiger partial charge in [-0.2, -0.15) is 0 Å². The normalized spacial score (nSPS) is 14.3. The first-order chi connectivity index (χ1) is 19.1. The van der Waals surface area contributed by atoms with Crippen molar-refractivity contribution >= 4 is 5.91 Å². The Hall–Kier alpha value is -1.17. The first-order valence-corrected chi connectivity index (χ1v) is 16.7. The molecular formula is C34H65NO4. The van der Waals surface area contributed by atoms with Gasteiger partial charge in [0.2, 0.25) is 5.91 Å². The summed E-state index contributed by atoms with van der Waals surface area (Å²) in [5.74, 6) is -0.518. The Morgan fingerprint density at radius 1 is 0.615 bits per heavy atom. The minimum Gasteiger partial charge on any atom is -0.394 e. The van der Waals surface area contributed by atoms with E-state index in [1.54, 1.807) is 6.08 Å². The second-order valence-electron chi connectivity index (χ2n) is 11.4. The SMILES string of the molecule is CCCCCCCCCCCC/C=C/CC/C=C/C(O)C(CO)NC(=O)C(O)CCCCCCCCCCC. The lowest BCUT2D eigenvalue weighted by atomic mass is 10.0. The highest BCUT2D eigenvalue weighted by Gasteiger charge is 2.22. The summed E-state index contributed by atoms with van der Waals surface area (Å²) in [6, 6.07) is -0.807. The quantitative estimate of drug-likeness (QED) is 0.0556. The van der Waals surface area contributed by atoms with Crippen LogP contribution in [0.25, 0.3) is 0 Å². The van der Waals surface area contributed by atoms with Gasteiger partial charge < -0.3 is 20.6 Å². The Morgan fingerprint density at radius 2 is 1.05 bits per heavy atom. The fourth-order valence-electron chi connectivity index (χ4n) is 4.84. The van der Waals surface area contributed by atoms with Gasteiger partial charge in [-0.3, -0.25) is 4.79 Å². The Kier molecular flexibility index (Phi) is 28.9. The van der Waals surface area contributed by atoms with Gasteiger partial charge in [0.25, 0.3) is 0 Å². The molecule has 5 heteroatoms. The number of unbranched alkanes of at least 4 members (excludes halogenated alkanes) is 19. The van der Waals surface area contributed by atoms with Crippen molar-refractivity contribution in [3.63, 3.8) is 0 Å². The number of carbonyl (C=O) groups is 1. The van der Waals surface area contributed by atoms with Crippen LogP contribution in [0.5, 0.6) is 0 Å². The first-order valence-electron chi connectivity index (χ1n) is 16.7. The fraction of sp³-hybridized carbons (Fsp3) is 0.853. The molecule has 0 rings (SSSR count). The van der Waals surface area contributed by atoms with Crippen molar-refractivity contribution in [2.75, 3.05) is 6.61 Å². The summed E-state index contributed by atoms with van der Waals surface area (Å²) in [5, 5.41) is 32.7. The van der Waals surface area contributed by atoms with Gasteiger partial charge in [-0.15, -0.1) is 0 Å². The minimum absolute atomic E-state index is 0.374. The lowest BCUT2D eigenvalue weighted by Gasteiger charge is -2.21. The maximum absolute atomic E-state index is 12.3. The fourth-order valence-corrected chi connectivity index (χ4v) is 4.84. The summed E-state index contributed by atoms with van der Waals surface area (Å²) < 4.78 is 0. The highest BCUT2D eigenvalue weighted by molar-refractivity contribution is 5.80. The number of allylic oxidation sites excluding steroid dienone is 3. The number of amides is 1. The predicted molar refractivity (Wildman–Crippen MR) is 167 cm³/mol. The second-order valence-corrected chi connectivity index (χ2v) is 11.4. The van der Waals surface area contributed by atoms with E-state index in [-0.39, 0.29) is 6.61 Å². The van der Waals surface area contributed by atoms with E-state index < -0.39 is 24.2 Å². The molecule has 0 aliphatic rings. The number of nitrogens with one attached hydrogen (secondary N) is 1. The Bertz CT molecular complexity index is 578. The van der Waals surface area contributed by atoms with E-state index in [0.717, 1.165) is 38.5 Å². The molecule has 3 atom stereocenters. The van der Waals surface area contributed by atoms with Crippen molar-refractivity contribution in [1.29, 1.82) is 0 Å². The van der Waals surface area contributed by atoms with Gasteiger partial charge in [0.15, 0.2) is 0 Å². The number of aliphatic hydroxyl groups is 3. The molecule has 5 nitrogen and oxygen atoms in total. The van der Waals surface area contributed by atoms with E-state index in [0.29, 0.717) is 6.42 Å². The van der Waals surface area contributed by atoms with Gasteiger partial charge in [0.05, 0.1) is 18.8 Å². The summed E-state index contributed by atoms with van der Waals surface area (Å²) in [5.41, 5.74) is 0. The van der Waals surface area contributed by atoms with Crippen molar-refractivity contribution in [2.24, 2.45) is 0 Å². The Balaban J connectivity index is 3.83. The van der Waals surface area contributed by atoms with Gasteiger partial charge in [0, 0.05) is 0 Å². The standard InChI is InChI=1S/C34H65NO4/c1-3-5-7-9-11-13-14-15-16-17-18-19-21-22-24-26-28-32(37)31(30-36)35-34(39)33(38)29-27-25-23-20-12-10-8-6-4-2/h19,21,26,28,31-33,36-38H,3-18,20,22-25,27,29-30H2,1-2H3,(H,35,39)/b21-19+,28-26+. The van der Waals surface area contributed by atoms with Crippen LogP contribution < -0.4 is 5.32 Å². The van der Waals surface area contributed by atoms with Crippen LogP contribution in [0.15, 0.2) is 24.3 Å². The van der Waals surface area contributed by atoms with Crippen LogP contribution in [-0.4, -0.2) is 46.1 Å². The summed E-state index contributed by atoms with van der Waals surface area (Å²) >= 11 is 0. The van der Waals surface area contributed by atoms with Crippen LogP contribution in [-0.2, 0) is 4.79 Å². The molecule has 0 saturated carbocycles. The zero-order valence-corrected chi connectivity index (χ0v) is 25.8. The predicted octanol–water partition coefficient (Wildman–Crippen LogP) is 8.31. The average Bonchev–Trinajstić information content (AvgIpc) is 2.94. The van der Waals surface area contributed by atoms with E-state index in [4.69, 9.17) is 0 Å². The van der Waals surface area contributed by atoms with Crippen LogP contribution in [0.4, 0.5) is 0 Å². The molecule has 4 N–H and O–H groups in total. The monoisotopic (exact) mass is 551 g/mol. The van der Waals surface area contributed by atoms with E-state index in [1.807, 2.05) is 6.08 Å². The first kappa shape index (κ1) is 37.8. The Morgan fingerprint density at radius 3 is 1.56 bits per heavy atom. The molecule has 0 radical (unpaired) electrons. The van der Waals surface area contributed by atoms with Crippen molar-refractivity contribution in [2.45, 2.75) is 180 Å². The summed E-state index contributed by atoms with van der Waals surface area (Å²) in [6.07, 6.45) is 33.4. The van der Waals surface area contributed by atoms with Gasteiger partial charge >= 0.3 is 0 Å². The number of aliphatic hydroxyl groups excluding tert-OH is 3. The van der Waals surface area contributed by atoms with Gasteiger partial charge in [0.1, 0.15) is 6.10 Å². The van der Waals surface area contributed by atoms with Crippen LogP contribution >= 0.6 is 0 Å². The third-order valence-electron chi connectivity index (χ3n) is 7.54. The molecule has 0 aromatic heterocycles. The van der Waals surface area contributed by atoms with E-state index in [2.05, 4.69) is 31.3 Å². The van der Waals surface area contributed by atoms with E-state index in [1.165, 1.54) is 103 Å². The molecule has 0 bridgehead atoms. The third kappa shape index (κ3) is 25.5. The van der Waals surface area contributed by atoms with Gasteiger partial charge in [-0.1, -0.05) is 154 Å². The van der Waals surface area contributed by atoms with Crippen LogP contribution in [0.1, 0.15) is 162 Å². The van der Waals surface area contributed by atoms with E-state index in [9.17, 15) is 20.1 Å². The van der Waals surface area contributed by atoms with Gasteiger partial charge in [-0.25, -0.2) is 0 Å². The van der Waals surface area contributed by atoms with Crippen molar-refractivity contribution in [3.8, 4) is 0 Å². The molecule has 3 unspecified atom stereocenters. The van der Waals surface area contributed by atoms with Crippen LogP contribution in [0.2, 0.25) is 0 Å². The zero-order chi connectivity index (χ0) is 28.8. The third-order valence-corrected chi connectivity index (χ3v) is 7.54. The molecular weight excluding hydrogens is 486 g/mol. The summed E-state index contributed by atoms with van der Waals surface area (Å²) in [4.78, 5) is 12.3. The summed E-state index contributed by atoms with van der Waals surface area (Å²) in [7, 11) is 0. The molecule has 0 heterocycles. The maximum Gasteiger partial charge on any atom is 0.249 e. The highest BCUT2D eigenvalue weighted by Crippen LogP contribution is 2.13. The molecule has 230 valence electrons. The highest BCUT2D eigenvalue weighted by atomic mass is 16.3. The minimum atomic E-state index is -1.10. The summed E-state index contributed by atoms with van der Waals surface area (Å²) in [6.45, 7) is 4.11. The lowest BCUT2D eigenvalue weighted by molar-refractivity contribution is -0.131. The molecule has 1 amide bonds. The molecule has 0 aliphatic carbocycles.